The van der Waals surface area contributed by atoms with Gasteiger partial charge >= 0.3 is 12.1 Å². The quantitative estimate of drug-likeness (QED) is 0.494. The van der Waals surface area contributed by atoms with Crippen LogP contribution < -0.4 is 11.1 Å². The highest BCUT2D eigenvalue weighted by Gasteiger charge is 2.14. The molecule has 0 radical (unpaired) electrons. The number of carbonyl (C=O) groups excluding carboxylic acids is 1. The Morgan fingerprint density at radius 3 is 2.81 bits per heavy atom. The van der Waals surface area contributed by atoms with Gasteiger partial charge in [-0.1, -0.05) is 12.2 Å². The zero-order valence-electron chi connectivity index (χ0n) is 12.4. The first-order valence-corrected chi connectivity index (χ1v) is 7.67. The van der Waals surface area contributed by atoms with E-state index < -0.39 is 12.0 Å². The number of unbranched alkanes of at least 4 members (excludes halogenated alkanes) is 1. The lowest BCUT2D eigenvalue weighted by atomic mass is 10.0. The Morgan fingerprint density at radius 1 is 1.29 bits per heavy atom. The summed E-state index contributed by atoms with van der Waals surface area (Å²) in [6.45, 7) is 0.484. The van der Waals surface area contributed by atoms with E-state index in [0.29, 0.717) is 25.8 Å². The number of hydrogen-bond donors (Lipinski definition) is 3. The molecular formula is C15H26N2O4. The molecule has 6 heteroatoms. The highest BCUT2D eigenvalue weighted by atomic mass is 16.6. The first-order chi connectivity index (χ1) is 10.1. The summed E-state index contributed by atoms with van der Waals surface area (Å²) in [5.74, 6) is -0.985. The second-order valence-corrected chi connectivity index (χ2v) is 5.37. The van der Waals surface area contributed by atoms with Crippen molar-refractivity contribution in [3.05, 3.63) is 12.2 Å². The van der Waals surface area contributed by atoms with E-state index in [1.807, 2.05) is 0 Å². The number of carboxylic acid groups (broad SMARTS) is 1. The number of carbonyl (C=O) groups is 2. The fourth-order valence-corrected chi connectivity index (χ4v) is 2.24. The third-order valence-electron chi connectivity index (χ3n) is 3.52. The molecule has 0 unspecified atom stereocenters. The van der Waals surface area contributed by atoms with Gasteiger partial charge in [-0.05, 0) is 51.4 Å². The number of amides is 1. The molecule has 0 spiro atoms. The van der Waals surface area contributed by atoms with Crippen molar-refractivity contribution in [2.75, 3.05) is 6.54 Å². The van der Waals surface area contributed by atoms with Crippen molar-refractivity contribution in [1.82, 2.24) is 5.32 Å². The van der Waals surface area contributed by atoms with Gasteiger partial charge in [0.2, 0.25) is 0 Å². The molecular weight excluding hydrogens is 272 g/mol. The largest absolute Gasteiger partial charge is 0.480 e. The van der Waals surface area contributed by atoms with Crippen molar-refractivity contribution in [2.45, 2.75) is 63.5 Å². The average molecular weight is 298 g/mol. The van der Waals surface area contributed by atoms with Gasteiger partial charge in [0.15, 0.2) is 0 Å². The maximum Gasteiger partial charge on any atom is 0.407 e. The molecule has 1 aliphatic rings. The summed E-state index contributed by atoms with van der Waals surface area (Å²) >= 11 is 0. The van der Waals surface area contributed by atoms with Gasteiger partial charge in [-0.2, -0.15) is 0 Å². The average Bonchev–Trinajstić information content (AvgIpc) is 2.41. The van der Waals surface area contributed by atoms with Crippen LogP contribution in [-0.2, 0) is 9.53 Å². The lowest BCUT2D eigenvalue weighted by Gasteiger charge is -2.18. The number of hydrogen-bond acceptors (Lipinski definition) is 4. The van der Waals surface area contributed by atoms with Crippen molar-refractivity contribution in [1.29, 1.82) is 0 Å². The van der Waals surface area contributed by atoms with Crippen molar-refractivity contribution < 1.29 is 19.4 Å². The Kier molecular flexibility index (Phi) is 8.50. The highest BCUT2D eigenvalue weighted by Crippen LogP contribution is 2.15. The van der Waals surface area contributed by atoms with E-state index in [-0.39, 0.29) is 12.2 Å². The van der Waals surface area contributed by atoms with Gasteiger partial charge in [-0.15, -0.1) is 0 Å². The van der Waals surface area contributed by atoms with Gasteiger partial charge in [-0.25, -0.2) is 4.79 Å². The van der Waals surface area contributed by atoms with E-state index >= 15 is 0 Å². The Hall–Kier alpha value is -1.56. The summed E-state index contributed by atoms with van der Waals surface area (Å²) in [5.41, 5.74) is 5.39. The van der Waals surface area contributed by atoms with E-state index in [9.17, 15) is 9.59 Å². The molecule has 0 aromatic rings. The van der Waals surface area contributed by atoms with Gasteiger partial charge in [0, 0.05) is 6.54 Å². The van der Waals surface area contributed by atoms with E-state index in [2.05, 4.69) is 17.5 Å². The van der Waals surface area contributed by atoms with E-state index in [0.717, 1.165) is 32.1 Å². The third kappa shape index (κ3) is 8.34. The molecule has 2 atom stereocenters. The molecule has 0 bridgehead atoms. The van der Waals surface area contributed by atoms with Gasteiger partial charge in [0.1, 0.15) is 12.1 Å². The molecule has 0 fully saturated rings. The molecule has 1 amide bonds. The number of rotatable bonds is 7. The number of alkyl carbamates (subject to hydrolysis) is 1. The lowest BCUT2D eigenvalue weighted by Crippen LogP contribution is -2.31. The van der Waals surface area contributed by atoms with Crippen LogP contribution in [0.1, 0.15) is 51.4 Å². The van der Waals surface area contributed by atoms with E-state index in [1.165, 1.54) is 0 Å². The number of nitrogens with two attached hydrogens (primary N) is 1. The molecule has 0 saturated heterocycles. The Labute approximate surface area is 125 Å². The fourth-order valence-electron chi connectivity index (χ4n) is 2.24. The monoisotopic (exact) mass is 298 g/mol. The summed E-state index contributed by atoms with van der Waals surface area (Å²) in [7, 11) is 0. The molecule has 0 heterocycles. The Bertz CT molecular complexity index is 358. The van der Waals surface area contributed by atoms with Crippen molar-refractivity contribution >= 4 is 12.1 Å². The highest BCUT2D eigenvalue weighted by molar-refractivity contribution is 5.72. The zero-order chi connectivity index (χ0) is 15.5. The van der Waals surface area contributed by atoms with Crippen LogP contribution in [0.3, 0.4) is 0 Å². The van der Waals surface area contributed by atoms with Gasteiger partial charge in [0.25, 0.3) is 0 Å². The number of allylic oxidation sites excluding steroid dienone is 2. The van der Waals surface area contributed by atoms with Crippen LogP contribution in [-0.4, -0.2) is 35.9 Å². The van der Waals surface area contributed by atoms with Crippen LogP contribution in [0.4, 0.5) is 4.79 Å². The SMILES string of the molecule is N[C@H](CCCCNC(=O)O[C@@H]1CC/C=C/CCC1)C(=O)O. The van der Waals surface area contributed by atoms with Crippen LogP contribution in [0.2, 0.25) is 0 Å². The Balaban J connectivity index is 2.08. The zero-order valence-corrected chi connectivity index (χ0v) is 12.4. The summed E-state index contributed by atoms with van der Waals surface area (Å²) in [6.07, 6.45) is 10.5. The predicted molar refractivity (Wildman–Crippen MR) is 80.0 cm³/mol. The maximum absolute atomic E-state index is 11.6. The van der Waals surface area contributed by atoms with Crippen molar-refractivity contribution in [3.63, 3.8) is 0 Å². The topological polar surface area (TPSA) is 102 Å². The van der Waals surface area contributed by atoms with E-state index in [4.69, 9.17) is 15.6 Å². The molecule has 6 nitrogen and oxygen atoms in total. The first kappa shape index (κ1) is 17.5. The third-order valence-corrected chi connectivity index (χ3v) is 3.52. The maximum atomic E-state index is 11.6. The molecule has 1 aliphatic carbocycles. The second-order valence-electron chi connectivity index (χ2n) is 5.37. The van der Waals surface area contributed by atoms with Crippen molar-refractivity contribution in [3.8, 4) is 0 Å². The van der Waals surface area contributed by atoms with Crippen LogP contribution in [0.5, 0.6) is 0 Å². The fraction of sp³-hybridized carbons (Fsp3) is 0.733. The minimum absolute atomic E-state index is 0.00428. The number of nitrogens with one attached hydrogen (secondary N) is 1. The molecule has 0 saturated carbocycles. The van der Waals surface area contributed by atoms with Crippen molar-refractivity contribution in [2.24, 2.45) is 5.73 Å². The Morgan fingerprint density at radius 2 is 2.05 bits per heavy atom. The normalized spacial score (nSPS) is 21.7. The number of aliphatic carboxylic acids is 1. The first-order valence-electron chi connectivity index (χ1n) is 7.67. The minimum atomic E-state index is -0.985. The summed E-state index contributed by atoms with van der Waals surface area (Å²) in [5, 5.41) is 11.3. The van der Waals surface area contributed by atoms with Gasteiger partial charge < -0.3 is 20.9 Å². The molecule has 1 rings (SSSR count). The van der Waals surface area contributed by atoms with Gasteiger partial charge in [-0.3, -0.25) is 4.79 Å². The van der Waals surface area contributed by atoms with Crippen LogP contribution in [0.25, 0.3) is 0 Å². The van der Waals surface area contributed by atoms with E-state index in [1.54, 1.807) is 0 Å². The molecule has 0 aliphatic heterocycles. The molecule has 4 N–H and O–H groups in total. The molecule has 21 heavy (non-hydrogen) atoms. The number of carboxylic acids is 1. The molecule has 120 valence electrons. The predicted octanol–water partition coefficient (Wildman–Crippen LogP) is 2.18. The number of ether oxygens (including phenoxy) is 1. The summed E-state index contributed by atoms with van der Waals surface area (Å²) < 4.78 is 5.39. The smallest absolute Gasteiger partial charge is 0.407 e. The van der Waals surface area contributed by atoms with Crippen LogP contribution >= 0.6 is 0 Å². The summed E-state index contributed by atoms with van der Waals surface area (Å²) in [6, 6.07) is -0.820. The van der Waals surface area contributed by atoms with Gasteiger partial charge in [0.05, 0.1) is 0 Å². The standard InChI is InChI=1S/C15H26N2O4/c16-13(14(18)19)10-6-7-11-17-15(20)21-12-8-4-2-1-3-5-9-12/h1-2,12-13H,3-11,16H2,(H,17,20)(H,18,19)/b2-1+/t12-,13-/m1/s1. The second kappa shape index (κ2) is 10.2. The molecule has 0 aromatic carbocycles. The minimum Gasteiger partial charge on any atom is -0.480 e. The lowest BCUT2D eigenvalue weighted by molar-refractivity contribution is -0.138. The van der Waals surface area contributed by atoms with Crippen LogP contribution in [0, 0.1) is 0 Å². The summed E-state index contributed by atoms with van der Waals surface area (Å²) in [4.78, 5) is 22.2. The molecule has 0 aromatic heterocycles. The van der Waals surface area contributed by atoms with Crippen LogP contribution in [0.15, 0.2) is 12.2 Å².